The Morgan fingerprint density at radius 1 is 1.23 bits per heavy atom. The zero-order valence-electron chi connectivity index (χ0n) is 14.1. The van der Waals surface area contributed by atoms with Crippen LogP contribution < -0.4 is 21.3 Å². The summed E-state index contributed by atoms with van der Waals surface area (Å²) in [5.74, 6) is -0.525. The number of hydrogen-bond donors (Lipinski definition) is 3. The maximum absolute atomic E-state index is 12.5. The van der Waals surface area contributed by atoms with E-state index in [1.807, 2.05) is 12.2 Å². The fourth-order valence-electron chi connectivity index (χ4n) is 4.30. The van der Waals surface area contributed by atoms with Gasteiger partial charge in [-0.15, -0.1) is 0 Å². The molecule has 2 bridgehead atoms. The highest BCUT2D eigenvalue weighted by atomic mass is 16.2. The summed E-state index contributed by atoms with van der Waals surface area (Å²) in [4.78, 5) is 52.4. The Morgan fingerprint density at radius 3 is 2.50 bits per heavy atom. The van der Waals surface area contributed by atoms with E-state index in [4.69, 9.17) is 5.73 Å². The van der Waals surface area contributed by atoms with Crippen LogP contribution in [0.5, 0.6) is 0 Å². The summed E-state index contributed by atoms with van der Waals surface area (Å²) in [5, 5.41) is 2.64. The number of nitrogens with one attached hydrogen (secondary N) is 2. The molecule has 2 heterocycles. The number of aromatic amines is 1. The van der Waals surface area contributed by atoms with Crippen molar-refractivity contribution < 1.29 is 19.0 Å². The highest BCUT2D eigenvalue weighted by molar-refractivity contribution is 6.06. The van der Waals surface area contributed by atoms with Gasteiger partial charge in [0.25, 0.3) is 5.91 Å². The van der Waals surface area contributed by atoms with Gasteiger partial charge in [-0.2, -0.15) is 14.3 Å². The molecule has 1 aromatic rings. The van der Waals surface area contributed by atoms with Crippen LogP contribution >= 0.6 is 0 Å². The third kappa shape index (κ3) is 2.59. The number of amides is 3. The van der Waals surface area contributed by atoms with Gasteiger partial charge in [0.15, 0.2) is 12.4 Å². The minimum absolute atomic E-state index is 0.129. The molecular weight excluding hydrogens is 338 g/mol. The number of allylic oxidation sites excluding steroid dienone is 2. The number of anilines is 1. The molecular formula is C17H20N5O4+. The second-order valence-electron chi connectivity index (χ2n) is 7.01. The van der Waals surface area contributed by atoms with Crippen molar-refractivity contribution in [3.63, 3.8) is 0 Å². The van der Waals surface area contributed by atoms with Gasteiger partial charge in [0.1, 0.15) is 6.20 Å². The Hall–Kier alpha value is -2.97. The fourth-order valence-corrected chi connectivity index (χ4v) is 4.30. The van der Waals surface area contributed by atoms with Gasteiger partial charge in [0.05, 0.1) is 11.8 Å². The van der Waals surface area contributed by atoms with Gasteiger partial charge < -0.3 is 11.1 Å². The zero-order chi connectivity index (χ0) is 18.4. The van der Waals surface area contributed by atoms with Crippen LogP contribution in [0.4, 0.5) is 5.82 Å². The van der Waals surface area contributed by atoms with Crippen molar-refractivity contribution in [3.8, 4) is 0 Å². The van der Waals surface area contributed by atoms with E-state index in [9.17, 15) is 19.2 Å². The Bertz CT molecular complexity index is 846. The number of nitrogens with zero attached hydrogens (tertiary/aromatic N) is 2. The van der Waals surface area contributed by atoms with Crippen molar-refractivity contribution in [2.24, 2.45) is 23.7 Å². The molecule has 1 aliphatic heterocycles. The number of likely N-dealkylation sites (tertiary alicyclic amines) is 1. The molecule has 2 fully saturated rings. The van der Waals surface area contributed by atoms with Crippen molar-refractivity contribution in [2.75, 3.05) is 18.8 Å². The van der Waals surface area contributed by atoms with Gasteiger partial charge in [-0.3, -0.25) is 19.3 Å². The highest BCUT2D eigenvalue weighted by Crippen LogP contribution is 2.52. The largest absolute Gasteiger partial charge is 0.497 e. The average Bonchev–Trinajstić information content (AvgIpc) is 3.27. The van der Waals surface area contributed by atoms with E-state index in [1.54, 1.807) is 0 Å². The molecule has 9 nitrogen and oxygen atoms in total. The third-order valence-electron chi connectivity index (χ3n) is 5.48. The summed E-state index contributed by atoms with van der Waals surface area (Å²) in [7, 11) is 0. The Labute approximate surface area is 148 Å². The zero-order valence-corrected chi connectivity index (χ0v) is 14.1. The van der Waals surface area contributed by atoms with Crippen LogP contribution in [0.1, 0.15) is 6.42 Å². The second-order valence-corrected chi connectivity index (χ2v) is 7.01. The standard InChI is InChI=1S/C17H19N5O4/c18-11-3-5-21(17(26)20-11)8-12(23)19-4-6-22-15(24)13-9-1-2-10(7-9)14(13)16(22)25/h1-3,5,9-10,13-14H,4,6-8H2,(H3,18,19,20,23,26)/p+1. The number of carbonyl (C=O) groups excluding carboxylic acids is 3. The number of nitrogens with two attached hydrogens (primary N) is 1. The molecule has 26 heavy (non-hydrogen) atoms. The van der Waals surface area contributed by atoms with E-state index in [0.717, 1.165) is 6.42 Å². The van der Waals surface area contributed by atoms with Crippen LogP contribution in [0.2, 0.25) is 0 Å². The number of H-pyrrole nitrogens is 1. The summed E-state index contributed by atoms with van der Waals surface area (Å²) in [5.41, 5.74) is 4.97. The maximum Gasteiger partial charge on any atom is 0.497 e. The molecule has 136 valence electrons. The summed E-state index contributed by atoms with van der Waals surface area (Å²) < 4.78 is 1.19. The quantitative estimate of drug-likeness (QED) is 0.324. The molecule has 4 rings (SSSR count). The molecule has 1 saturated heterocycles. The van der Waals surface area contributed by atoms with Gasteiger partial charge >= 0.3 is 5.69 Å². The summed E-state index contributed by atoms with van der Waals surface area (Å²) in [6, 6.07) is 1.48. The average molecular weight is 358 g/mol. The SMILES string of the molecule is Nc1cc[n+](CC(=O)NCCN2C(=O)C3C4C=CC(C4)C3C2=O)c(=O)[nH]1. The first-order chi connectivity index (χ1) is 12.5. The van der Waals surface area contributed by atoms with Crippen LogP contribution in [-0.4, -0.2) is 40.7 Å². The van der Waals surface area contributed by atoms with Gasteiger partial charge in [-0.1, -0.05) is 12.2 Å². The van der Waals surface area contributed by atoms with Gasteiger partial charge in [-0.05, 0) is 18.3 Å². The van der Waals surface area contributed by atoms with Crippen LogP contribution in [0.15, 0.2) is 29.2 Å². The van der Waals surface area contributed by atoms with Crippen molar-refractivity contribution >= 4 is 23.5 Å². The normalized spacial score (nSPS) is 28.7. The number of nitrogen functional groups attached to an aromatic ring is 1. The first kappa shape index (κ1) is 16.5. The lowest BCUT2D eigenvalue weighted by Crippen LogP contribution is -2.55. The molecule has 1 aromatic heterocycles. The number of rotatable bonds is 5. The lowest BCUT2D eigenvalue weighted by atomic mass is 9.85. The first-order valence-corrected chi connectivity index (χ1v) is 8.64. The minimum Gasteiger partial charge on any atom is -0.366 e. The van der Waals surface area contributed by atoms with E-state index < -0.39 is 5.69 Å². The highest BCUT2D eigenvalue weighted by Gasteiger charge is 2.58. The van der Waals surface area contributed by atoms with Gasteiger partial charge in [0, 0.05) is 19.2 Å². The smallest absolute Gasteiger partial charge is 0.366 e. The molecule has 1 saturated carbocycles. The molecule has 0 spiro atoms. The molecule has 4 unspecified atom stereocenters. The van der Waals surface area contributed by atoms with Crippen molar-refractivity contribution in [3.05, 3.63) is 34.9 Å². The van der Waals surface area contributed by atoms with Gasteiger partial charge in [-0.25, -0.2) is 0 Å². The van der Waals surface area contributed by atoms with Crippen LogP contribution in [0.25, 0.3) is 0 Å². The molecule has 9 heteroatoms. The van der Waals surface area contributed by atoms with E-state index in [1.165, 1.54) is 21.7 Å². The number of fused-ring (bicyclic) bond motifs is 5. The van der Waals surface area contributed by atoms with Crippen LogP contribution in [0, 0.1) is 23.7 Å². The summed E-state index contributed by atoms with van der Waals surface area (Å²) in [6.07, 6.45) is 6.41. The van der Waals surface area contributed by atoms with Crippen molar-refractivity contribution in [2.45, 2.75) is 13.0 Å². The number of carbonyl (C=O) groups is 3. The lowest BCUT2D eigenvalue weighted by molar-refractivity contribution is -0.701. The monoisotopic (exact) mass is 358 g/mol. The minimum atomic E-state index is -0.485. The Morgan fingerprint density at radius 2 is 1.88 bits per heavy atom. The Kier molecular flexibility index (Phi) is 3.86. The van der Waals surface area contributed by atoms with Crippen LogP contribution in [-0.2, 0) is 20.9 Å². The first-order valence-electron chi connectivity index (χ1n) is 8.64. The van der Waals surface area contributed by atoms with Crippen LogP contribution in [0.3, 0.4) is 0 Å². The number of imide groups is 1. The predicted molar refractivity (Wildman–Crippen MR) is 89.1 cm³/mol. The second kappa shape index (κ2) is 6.08. The maximum atomic E-state index is 12.5. The predicted octanol–water partition coefficient (Wildman–Crippen LogP) is -1.83. The Balaban J connectivity index is 1.31. The molecule has 0 aromatic carbocycles. The molecule has 3 amide bonds. The van der Waals surface area contributed by atoms with Crippen molar-refractivity contribution in [1.29, 1.82) is 0 Å². The molecule has 3 aliphatic rings. The summed E-state index contributed by atoms with van der Waals surface area (Å²) >= 11 is 0. The van der Waals surface area contributed by atoms with E-state index in [0.29, 0.717) is 0 Å². The summed E-state index contributed by atoms with van der Waals surface area (Å²) in [6.45, 7) is 0.140. The lowest BCUT2D eigenvalue weighted by Gasteiger charge is -2.17. The fraction of sp³-hybridized carbons (Fsp3) is 0.471. The molecule has 4 atom stereocenters. The number of hydrogen-bond acceptors (Lipinski definition) is 5. The van der Waals surface area contributed by atoms with Crippen molar-refractivity contribution in [1.82, 2.24) is 15.2 Å². The number of aromatic nitrogens is 2. The third-order valence-corrected chi connectivity index (χ3v) is 5.48. The van der Waals surface area contributed by atoms with E-state index >= 15 is 0 Å². The van der Waals surface area contributed by atoms with Gasteiger partial charge in [0.2, 0.25) is 11.8 Å². The van der Waals surface area contributed by atoms with E-state index in [-0.39, 0.29) is 66.8 Å². The molecule has 2 aliphatic carbocycles. The van der Waals surface area contributed by atoms with E-state index in [2.05, 4.69) is 10.3 Å². The molecule has 0 radical (unpaired) electrons. The topological polar surface area (TPSA) is 129 Å². The molecule has 4 N–H and O–H groups in total.